The first-order chi connectivity index (χ1) is 16.8. The average molecular weight is 486 g/mol. The van der Waals surface area contributed by atoms with Gasteiger partial charge in [0.05, 0.1) is 18.7 Å². The fraction of sp³-hybridized carbons (Fsp3) is 0.320. The maximum Gasteiger partial charge on any atom is 0.573 e. The number of carbonyl (C=O) groups is 1. The lowest BCUT2D eigenvalue weighted by atomic mass is 9.97. The van der Waals surface area contributed by atoms with Gasteiger partial charge in [0.1, 0.15) is 11.5 Å². The monoisotopic (exact) mass is 486 g/mol. The van der Waals surface area contributed by atoms with E-state index in [2.05, 4.69) is 20.3 Å². The third-order valence-corrected chi connectivity index (χ3v) is 5.80. The van der Waals surface area contributed by atoms with Gasteiger partial charge in [-0.25, -0.2) is 0 Å². The van der Waals surface area contributed by atoms with Crippen molar-refractivity contribution in [3.05, 3.63) is 66.2 Å². The van der Waals surface area contributed by atoms with E-state index < -0.39 is 6.36 Å². The number of nitrogens with one attached hydrogen (secondary N) is 1. The van der Waals surface area contributed by atoms with Gasteiger partial charge in [-0.05, 0) is 55.3 Å². The SMILES string of the molecule is COc1ccc(-c2ccc(N3CCCC(C(=O)NCc4ccccc4OC(F)(F)F)C3)nn2)cc1. The first-order valence-electron chi connectivity index (χ1n) is 11.2. The first-order valence-corrected chi connectivity index (χ1v) is 11.2. The molecule has 3 aromatic rings. The number of benzene rings is 2. The normalized spacial score (nSPS) is 16.0. The minimum absolute atomic E-state index is 0.0576. The molecule has 1 aliphatic heterocycles. The van der Waals surface area contributed by atoms with E-state index in [9.17, 15) is 18.0 Å². The van der Waals surface area contributed by atoms with Gasteiger partial charge in [0.25, 0.3) is 0 Å². The highest BCUT2D eigenvalue weighted by Gasteiger charge is 2.32. The third-order valence-electron chi connectivity index (χ3n) is 5.80. The highest BCUT2D eigenvalue weighted by molar-refractivity contribution is 5.79. The summed E-state index contributed by atoms with van der Waals surface area (Å²) in [6.45, 7) is 1.13. The molecule has 184 valence electrons. The van der Waals surface area contributed by atoms with Crippen molar-refractivity contribution in [3.63, 3.8) is 0 Å². The molecule has 7 nitrogen and oxygen atoms in total. The van der Waals surface area contributed by atoms with Crippen molar-refractivity contribution in [3.8, 4) is 22.8 Å². The molecule has 2 heterocycles. The quantitative estimate of drug-likeness (QED) is 0.527. The van der Waals surface area contributed by atoms with Crippen molar-refractivity contribution in [2.24, 2.45) is 5.92 Å². The van der Waals surface area contributed by atoms with Crippen molar-refractivity contribution >= 4 is 11.7 Å². The van der Waals surface area contributed by atoms with Gasteiger partial charge in [-0.3, -0.25) is 4.79 Å². The molecule has 1 aliphatic rings. The molecule has 0 aliphatic carbocycles. The van der Waals surface area contributed by atoms with Crippen LogP contribution in [-0.2, 0) is 11.3 Å². The number of methoxy groups -OCH3 is 1. The summed E-state index contributed by atoms with van der Waals surface area (Å²) in [5.74, 6) is 0.565. The number of nitrogens with zero attached hydrogens (tertiary/aromatic N) is 3. The van der Waals surface area contributed by atoms with Crippen LogP contribution in [0.5, 0.6) is 11.5 Å². The Balaban J connectivity index is 1.36. The summed E-state index contributed by atoms with van der Waals surface area (Å²) in [7, 11) is 1.61. The highest BCUT2D eigenvalue weighted by Crippen LogP contribution is 2.27. The number of rotatable bonds is 7. The van der Waals surface area contributed by atoms with Crippen LogP contribution in [0.15, 0.2) is 60.7 Å². The molecule has 2 aromatic carbocycles. The molecule has 4 rings (SSSR count). The molecule has 1 unspecified atom stereocenters. The van der Waals surface area contributed by atoms with Crippen LogP contribution in [0.25, 0.3) is 11.3 Å². The van der Waals surface area contributed by atoms with E-state index in [1.54, 1.807) is 13.2 Å². The number of ether oxygens (including phenoxy) is 2. The fourth-order valence-electron chi connectivity index (χ4n) is 4.01. The van der Waals surface area contributed by atoms with Gasteiger partial charge in [-0.1, -0.05) is 18.2 Å². The third kappa shape index (κ3) is 6.40. The number of carbonyl (C=O) groups excluding carboxylic acids is 1. The van der Waals surface area contributed by atoms with Crippen LogP contribution in [0.3, 0.4) is 0 Å². The highest BCUT2D eigenvalue weighted by atomic mass is 19.4. The summed E-state index contributed by atoms with van der Waals surface area (Å²) in [5.41, 5.74) is 1.89. The minimum atomic E-state index is -4.80. The molecular formula is C25H25F3N4O3. The lowest BCUT2D eigenvalue weighted by Gasteiger charge is -2.32. The van der Waals surface area contributed by atoms with Gasteiger partial charge in [0.2, 0.25) is 5.91 Å². The number of piperidine rings is 1. The molecule has 0 radical (unpaired) electrons. The van der Waals surface area contributed by atoms with Crippen molar-refractivity contribution < 1.29 is 27.4 Å². The van der Waals surface area contributed by atoms with Gasteiger partial charge in [-0.2, -0.15) is 0 Å². The Hall–Kier alpha value is -3.82. The van der Waals surface area contributed by atoms with Crippen LogP contribution < -0.4 is 19.7 Å². The average Bonchev–Trinajstić information content (AvgIpc) is 2.87. The standard InChI is InChI=1S/C25H25F3N4O3/c1-34-20-10-8-17(9-11-20)21-12-13-23(31-30-21)32-14-4-6-19(16-32)24(33)29-15-18-5-2-3-7-22(18)35-25(26,27)28/h2-3,5,7-13,19H,4,6,14-16H2,1H3,(H,29,33). The molecule has 0 spiro atoms. The number of para-hydroxylation sites is 1. The van der Waals surface area contributed by atoms with Gasteiger partial charge < -0.3 is 19.7 Å². The minimum Gasteiger partial charge on any atom is -0.497 e. The number of alkyl halides is 3. The van der Waals surface area contributed by atoms with Gasteiger partial charge in [0, 0.05) is 30.8 Å². The van der Waals surface area contributed by atoms with E-state index in [0.717, 1.165) is 30.0 Å². The largest absolute Gasteiger partial charge is 0.573 e. The van der Waals surface area contributed by atoms with Crippen molar-refractivity contribution in [2.75, 3.05) is 25.1 Å². The summed E-state index contributed by atoms with van der Waals surface area (Å²) in [6, 6.07) is 17.0. The van der Waals surface area contributed by atoms with Gasteiger partial charge in [0.15, 0.2) is 5.82 Å². The molecule has 1 saturated heterocycles. The number of aromatic nitrogens is 2. The number of amides is 1. The molecule has 0 saturated carbocycles. The smallest absolute Gasteiger partial charge is 0.497 e. The molecule has 1 atom stereocenters. The summed E-state index contributed by atoms with van der Waals surface area (Å²) < 4.78 is 47.1. The summed E-state index contributed by atoms with van der Waals surface area (Å²) in [6.07, 6.45) is -3.33. The second-order valence-corrected chi connectivity index (χ2v) is 8.16. The van der Waals surface area contributed by atoms with E-state index in [-0.39, 0.29) is 29.7 Å². The zero-order chi connectivity index (χ0) is 24.8. The van der Waals surface area contributed by atoms with Crippen LogP contribution >= 0.6 is 0 Å². The van der Waals surface area contributed by atoms with Gasteiger partial charge >= 0.3 is 6.36 Å². The Morgan fingerprint density at radius 1 is 1.09 bits per heavy atom. The van der Waals surface area contributed by atoms with Crippen LogP contribution in [0.1, 0.15) is 18.4 Å². The van der Waals surface area contributed by atoms with E-state index in [0.29, 0.717) is 18.8 Å². The number of hydrogen-bond donors (Lipinski definition) is 1. The predicted octanol–water partition coefficient (Wildman–Crippen LogP) is 4.58. The summed E-state index contributed by atoms with van der Waals surface area (Å²) in [4.78, 5) is 14.8. The number of hydrogen-bond acceptors (Lipinski definition) is 6. The number of anilines is 1. The van der Waals surface area contributed by atoms with E-state index >= 15 is 0 Å². The molecular weight excluding hydrogens is 461 g/mol. The Kier molecular flexibility index (Phi) is 7.38. The van der Waals surface area contributed by atoms with Crippen LogP contribution in [-0.4, -0.2) is 42.7 Å². The van der Waals surface area contributed by atoms with Crippen LogP contribution in [0.4, 0.5) is 19.0 Å². The molecule has 0 bridgehead atoms. The van der Waals surface area contributed by atoms with Crippen molar-refractivity contribution in [1.29, 1.82) is 0 Å². The molecule has 35 heavy (non-hydrogen) atoms. The lowest BCUT2D eigenvalue weighted by Crippen LogP contribution is -2.43. The maximum absolute atomic E-state index is 12.8. The molecule has 1 N–H and O–H groups in total. The Morgan fingerprint density at radius 3 is 2.54 bits per heavy atom. The van der Waals surface area contributed by atoms with E-state index in [4.69, 9.17) is 4.74 Å². The number of halogens is 3. The molecule has 1 fully saturated rings. The second kappa shape index (κ2) is 10.6. The zero-order valence-electron chi connectivity index (χ0n) is 19.1. The first kappa shape index (κ1) is 24.3. The molecule has 1 aromatic heterocycles. The Labute approximate surface area is 200 Å². The van der Waals surface area contributed by atoms with E-state index in [1.807, 2.05) is 41.3 Å². The fourth-order valence-corrected chi connectivity index (χ4v) is 4.01. The molecule has 1 amide bonds. The topological polar surface area (TPSA) is 76.6 Å². The Bertz CT molecular complexity index is 1140. The molecule has 10 heteroatoms. The second-order valence-electron chi connectivity index (χ2n) is 8.16. The predicted molar refractivity (Wildman–Crippen MR) is 124 cm³/mol. The zero-order valence-corrected chi connectivity index (χ0v) is 19.1. The van der Waals surface area contributed by atoms with Gasteiger partial charge in [-0.15, -0.1) is 23.4 Å². The van der Waals surface area contributed by atoms with Crippen LogP contribution in [0.2, 0.25) is 0 Å². The van der Waals surface area contributed by atoms with Crippen molar-refractivity contribution in [2.45, 2.75) is 25.7 Å². The van der Waals surface area contributed by atoms with E-state index in [1.165, 1.54) is 18.2 Å². The van der Waals surface area contributed by atoms with Crippen LogP contribution in [0, 0.1) is 5.92 Å². The summed E-state index contributed by atoms with van der Waals surface area (Å²) in [5, 5.41) is 11.4. The maximum atomic E-state index is 12.8. The lowest BCUT2D eigenvalue weighted by molar-refractivity contribution is -0.274. The Morgan fingerprint density at radius 2 is 1.86 bits per heavy atom. The summed E-state index contributed by atoms with van der Waals surface area (Å²) >= 11 is 0. The van der Waals surface area contributed by atoms with Crippen molar-refractivity contribution in [1.82, 2.24) is 15.5 Å².